The van der Waals surface area contributed by atoms with Gasteiger partial charge in [0.2, 0.25) is 0 Å². The molecule has 76 valence electrons. The fraction of sp³-hybridized carbons (Fsp3) is 0.0909. The molecule has 0 aliphatic carbocycles. The number of thiophene rings is 1. The van der Waals surface area contributed by atoms with Crippen LogP contribution in [0.5, 0.6) is 0 Å². The van der Waals surface area contributed by atoms with Crippen LogP contribution in [0.1, 0.15) is 10.4 Å². The highest BCUT2D eigenvalue weighted by atomic mass is 32.1. The van der Waals surface area contributed by atoms with Gasteiger partial charge in [0.05, 0.1) is 11.3 Å². The summed E-state index contributed by atoms with van der Waals surface area (Å²) in [5.41, 5.74) is 2.56. The first-order chi connectivity index (χ1) is 7.31. The number of amides is 1. The summed E-state index contributed by atoms with van der Waals surface area (Å²) in [6.07, 6.45) is 1.59. The Balaban J connectivity index is 2.29. The number of pyridine rings is 1. The van der Waals surface area contributed by atoms with Crippen molar-refractivity contribution in [2.75, 3.05) is 7.05 Å². The van der Waals surface area contributed by atoms with E-state index in [2.05, 4.69) is 10.3 Å². The number of aromatic nitrogens is 1. The molecular formula is C11H10N2OS. The van der Waals surface area contributed by atoms with E-state index >= 15 is 0 Å². The fourth-order valence-corrected chi connectivity index (χ4v) is 1.90. The Bertz CT molecular complexity index is 448. The van der Waals surface area contributed by atoms with Crippen molar-refractivity contribution in [1.29, 1.82) is 0 Å². The molecule has 15 heavy (non-hydrogen) atoms. The molecule has 0 saturated carbocycles. The molecule has 0 aliphatic rings. The number of hydrogen-bond donors (Lipinski definition) is 1. The minimum atomic E-state index is -0.112. The largest absolute Gasteiger partial charge is 0.355 e. The molecule has 4 heteroatoms. The van der Waals surface area contributed by atoms with Crippen molar-refractivity contribution in [3.63, 3.8) is 0 Å². The van der Waals surface area contributed by atoms with Crippen molar-refractivity contribution in [3.8, 4) is 11.3 Å². The summed E-state index contributed by atoms with van der Waals surface area (Å²) in [6, 6.07) is 5.64. The molecule has 0 aliphatic heterocycles. The maximum Gasteiger partial charge on any atom is 0.252 e. The number of carbonyl (C=O) groups is 1. The highest BCUT2D eigenvalue weighted by molar-refractivity contribution is 7.08. The van der Waals surface area contributed by atoms with Gasteiger partial charge in [-0.15, -0.1) is 0 Å². The van der Waals surface area contributed by atoms with Gasteiger partial charge in [-0.25, -0.2) is 0 Å². The molecule has 0 fully saturated rings. The zero-order valence-corrected chi connectivity index (χ0v) is 9.04. The van der Waals surface area contributed by atoms with E-state index in [-0.39, 0.29) is 5.91 Å². The van der Waals surface area contributed by atoms with Crippen molar-refractivity contribution < 1.29 is 4.79 Å². The van der Waals surface area contributed by atoms with Gasteiger partial charge in [-0.05, 0) is 23.6 Å². The number of nitrogens with zero attached hydrogens (tertiary/aromatic N) is 1. The molecule has 0 atom stereocenters. The van der Waals surface area contributed by atoms with Gasteiger partial charge in [0, 0.05) is 24.2 Å². The first-order valence-electron chi connectivity index (χ1n) is 4.52. The molecule has 0 unspecified atom stereocenters. The van der Waals surface area contributed by atoms with Crippen LogP contribution in [0, 0.1) is 0 Å². The SMILES string of the molecule is CNC(=O)c1ccc(-c2ccsc2)nc1. The van der Waals surface area contributed by atoms with E-state index in [4.69, 9.17) is 0 Å². The Morgan fingerprint density at radius 2 is 2.27 bits per heavy atom. The zero-order valence-electron chi connectivity index (χ0n) is 8.23. The highest BCUT2D eigenvalue weighted by Gasteiger charge is 2.04. The van der Waals surface area contributed by atoms with Crippen LogP contribution < -0.4 is 5.32 Å². The lowest BCUT2D eigenvalue weighted by molar-refractivity contribution is 0.0963. The Kier molecular flexibility index (Phi) is 2.78. The van der Waals surface area contributed by atoms with Crippen molar-refractivity contribution in [3.05, 3.63) is 40.7 Å². The predicted octanol–water partition coefficient (Wildman–Crippen LogP) is 2.17. The number of carbonyl (C=O) groups excluding carboxylic acids is 1. The van der Waals surface area contributed by atoms with Crippen molar-refractivity contribution in [1.82, 2.24) is 10.3 Å². The molecular weight excluding hydrogens is 208 g/mol. The monoisotopic (exact) mass is 218 g/mol. The Morgan fingerprint density at radius 3 is 2.80 bits per heavy atom. The second kappa shape index (κ2) is 4.23. The van der Waals surface area contributed by atoms with E-state index in [1.807, 2.05) is 22.9 Å². The van der Waals surface area contributed by atoms with E-state index in [1.54, 1.807) is 30.6 Å². The summed E-state index contributed by atoms with van der Waals surface area (Å²) in [6.45, 7) is 0. The van der Waals surface area contributed by atoms with Gasteiger partial charge in [-0.1, -0.05) is 0 Å². The maximum absolute atomic E-state index is 11.3. The van der Waals surface area contributed by atoms with Crippen molar-refractivity contribution in [2.45, 2.75) is 0 Å². The van der Waals surface area contributed by atoms with Crippen molar-refractivity contribution in [2.24, 2.45) is 0 Å². The second-order valence-electron chi connectivity index (χ2n) is 3.02. The Labute approximate surface area is 91.8 Å². The van der Waals surface area contributed by atoms with Crippen LogP contribution in [-0.4, -0.2) is 17.9 Å². The summed E-state index contributed by atoms with van der Waals surface area (Å²) in [5.74, 6) is -0.112. The quantitative estimate of drug-likeness (QED) is 0.839. The van der Waals surface area contributed by atoms with Gasteiger partial charge < -0.3 is 5.32 Å². The predicted molar refractivity (Wildman–Crippen MR) is 60.9 cm³/mol. The topological polar surface area (TPSA) is 42.0 Å². The van der Waals surface area contributed by atoms with E-state index in [0.717, 1.165) is 11.3 Å². The maximum atomic E-state index is 11.3. The third-order valence-corrected chi connectivity index (χ3v) is 2.75. The van der Waals surface area contributed by atoms with Crippen LogP contribution >= 0.6 is 11.3 Å². The zero-order chi connectivity index (χ0) is 10.7. The Morgan fingerprint density at radius 1 is 1.40 bits per heavy atom. The summed E-state index contributed by atoms with van der Waals surface area (Å²) < 4.78 is 0. The average Bonchev–Trinajstić information content (AvgIpc) is 2.82. The van der Waals surface area contributed by atoms with Gasteiger partial charge in [-0.3, -0.25) is 9.78 Å². The lowest BCUT2D eigenvalue weighted by atomic mass is 10.2. The molecule has 0 aromatic carbocycles. The normalized spacial score (nSPS) is 9.93. The molecule has 0 spiro atoms. The molecule has 0 bridgehead atoms. The van der Waals surface area contributed by atoms with Gasteiger partial charge in [0.1, 0.15) is 0 Å². The lowest BCUT2D eigenvalue weighted by Gasteiger charge is -2.00. The van der Waals surface area contributed by atoms with E-state index in [9.17, 15) is 4.79 Å². The first kappa shape index (κ1) is 9.86. The standard InChI is InChI=1S/C11H10N2OS/c1-12-11(14)8-2-3-10(13-6-8)9-4-5-15-7-9/h2-7H,1H3,(H,12,14). The minimum absolute atomic E-state index is 0.112. The molecule has 0 radical (unpaired) electrons. The number of nitrogens with one attached hydrogen (secondary N) is 1. The van der Waals surface area contributed by atoms with Crippen LogP contribution in [0.4, 0.5) is 0 Å². The highest BCUT2D eigenvalue weighted by Crippen LogP contribution is 2.19. The summed E-state index contributed by atoms with van der Waals surface area (Å²) in [7, 11) is 1.61. The molecule has 2 heterocycles. The number of rotatable bonds is 2. The third kappa shape index (κ3) is 2.05. The van der Waals surface area contributed by atoms with Crippen LogP contribution in [0.2, 0.25) is 0 Å². The second-order valence-corrected chi connectivity index (χ2v) is 3.80. The molecule has 1 N–H and O–H groups in total. The van der Waals surface area contributed by atoms with E-state index < -0.39 is 0 Å². The van der Waals surface area contributed by atoms with E-state index in [0.29, 0.717) is 5.56 Å². The molecule has 2 aromatic rings. The van der Waals surface area contributed by atoms with E-state index in [1.165, 1.54) is 0 Å². The minimum Gasteiger partial charge on any atom is -0.355 e. The summed E-state index contributed by atoms with van der Waals surface area (Å²) in [5, 5.41) is 6.59. The molecule has 1 amide bonds. The fourth-order valence-electron chi connectivity index (χ4n) is 1.25. The summed E-state index contributed by atoms with van der Waals surface area (Å²) >= 11 is 1.63. The number of hydrogen-bond acceptors (Lipinski definition) is 3. The first-order valence-corrected chi connectivity index (χ1v) is 5.46. The third-order valence-electron chi connectivity index (χ3n) is 2.07. The van der Waals surface area contributed by atoms with Crippen LogP contribution in [-0.2, 0) is 0 Å². The molecule has 2 aromatic heterocycles. The van der Waals surface area contributed by atoms with Crippen LogP contribution in [0.3, 0.4) is 0 Å². The molecule has 3 nitrogen and oxygen atoms in total. The average molecular weight is 218 g/mol. The smallest absolute Gasteiger partial charge is 0.252 e. The van der Waals surface area contributed by atoms with Gasteiger partial charge >= 0.3 is 0 Å². The van der Waals surface area contributed by atoms with Gasteiger partial charge in [0.15, 0.2) is 0 Å². The van der Waals surface area contributed by atoms with Crippen LogP contribution in [0.15, 0.2) is 35.2 Å². The Hall–Kier alpha value is -1.68. The lowest BCUT2D eigenvalue weighted by Crippen LogP contribution is -2.17. The van der Waals surface area contributed by atoms with Crippen LogP contribution in [0.25, 0.3) is 11.3 Å². The van der Waals surface area contributed by atoms with Crippen molar-refractivity contribution >= 4 is 17.2 Å². The van der Waals surface area contributed by atoms with Gasteiger partial charge in [0.25, 0.3) is 5.91 Å². The molecule has 0 saturated heterocycles. The van der Waals surface area contributed by atoms with Gasteiger partial charge in [-0.2, -0.15) is 11.3 Å². The molecule has 2 rings (SSSR count). The summed E-state index contributed by atoms with van der Waals surface area (Å²) in [4.78, 5) is 15.5.